The number of anilines is 1. The molecule has 0 radical (unpaired) electrons. The minimum atomic E-state index is 0.305. The number of rotatable bonds is 5. The summed E-state index contributed by atoms with van der Waals surface area (Å²) in [7, 11) is 0. The van der Waals surface area contributed by atoms with Gasteiger partial charge in [0.15, 0.2) is 5.96 Å². The number of nitrogens with zero attached hydrogens (tertiary/aromatic N) is 2. The van der Waals surface area contributed by atoms with Crippen LogP contribution in [0.15, 0.2) is 53.5 Å². The Morgan fingerprint density at radius 1 is 1.12 bits per heavy atom. The lowest BCUT2D eigenvalue weighted by Crippen LogP contribution is -2.36. The van der Waals surface area contributed by atoms with Gasteiger partial charge in [-0.1, -0.05) is 42.5 Å². The molecule has 2 aromatic rings. The second-order valence-electron chi connectivity index (χ2n) is 6.62. The summed E-state index contributed by atoms with van der Waals surface area (Å²) >= 11 is 0. The second kappa shape index (κ2) is 7.39. The Morgan fingerprint density at radius 2 is 1.83 bits per heavy atom. The highest BCUT2D eigenvalue weighted by atomic mass is 15.1. The van der Waals surface area contributed by atoms with Crippen LogP contribution in [0.4, 0.5) is 5.69 Å². The molecule has 24 heavy (non-hydrogen) atoms. The number of aliphatic imine (C=N–C) groups is 1. The van der Waals surface area contributed by atoms with E-state index in [0.29, 0.717) is 18.5 Å². The summed E-state index contributed by atoms with van der Waals surface area (Å²) in [5.74, 6) is 0.503. The Hall–Kier alpha value is -2.49. The number of nitrogens with one attached hydrogen (secondary N) is 1. The molecule has 1 aliphatic heterocycles. The first-order chi connectivity index (χ1) is 11.6. The summed E-state index contributed by atoms with van der Waals surface area (Å²) in [5.41, 5.74) is 11.2. The molecule has 0 fully saturated rings. The lowest BCUT2D eigenvalue weighted by Gasteiger charge is -2.19. The molecular formula is C20H26N4. The molecule has 2 aromatic carbocycles. The molecule has 0 spiro atoms. The topological polar surface area (TPSA) is 53.6 Å². The fraction of sp³-hybridized carbons (Fsp3) is 0.350. The van der Waals surface area contributed by atoms with Gasteiger partial charge in [0.1, 0.15) is 0 Å². The predicted octanol–water partition coefficient (Wildman–Crippen LogP) is 3.06. The number of nitrogens with two attached hydrogens (primary N) is 1. The molecule has 0 bridgehead atoms. The van der Waals surface area contributed by atoms with Crippen LogP contribution in [0, 0.1) is 0 Å². The average molecular weight is 322 g/mol. The van der Waals surface area contributed by atoms with Crippen LogP contribution >= 0.6 is 0 Å². The molecule has 4 nitrogen and oxygen atoms in total. The summed E-state index contributed by atoms with van der Waals surface area (Å²) in [6.07, 6.45) is 1.14. The van der Waals surface area contributed by atoms with E-state index in [4.69, 9.17) is 5.73 Å². The van der Waals surface area contributed by atoms with Gasteiger partial charge in [0.2, 0.25) is 0 Å². The van der Waals surface area contributed by atoms with Crippen LogP contribution in [0.3, 0.4) is 0 Å². The normalized spacial score (nSPS) is 14.1. The number of fused-ring (bicyclic) bond motifs is 1. The summed E-state index contributed by atoms with van der Waals surface area (Å²) in [6.45, 7) is 6.76. The third-order valence-electron chi connectivity index (χ3n) is 4.25. The van der Waals surface area contributed by atoms with Gasteiger partial charge in [0, 0.05) is 24.8 Å². The number of benzene rings is 2. The number of hydrogen-bond donors (Lipinski definition) is 2. The van der Waals surface area contributed by atoms with E-state index < -0.39 is 0 Å². The summed E-state index contributed by atoms with van der Waals surface area (Å²) in [6, 6.07) is 17.7. The van der Waals surface area contributed by atoms with Gasteiger partial charge < -0.3 is 16.0 Å². The Bertz CT molecular complexity index is 704. The quantitative estimate of drug-likeness (QED) is 0.657. The van der Waals surface area contributed by atoms with Crippen molar-refractivity contribution in [1.82, 2.24) is 5.32 Å². The molecule has 0 atom stereocenters. The second-order valence-corrected chi connectivity index (χ2v) is 6.62. The van der Waals surface area contributed by atoms with E-state index in [1.54, 1.807) is 0 Å². The molecule has 0 unspecified atom stereocenters. The number of guanidine groups is 1. The maximum atomic E-state index is 5.84. The molecule has 3 N–H and O–H groups in total. The van der Waals surface area contributed by atoms with Crippen LogP contribution in [0.25, 0.3) is 0 Å². The van der Waals surface area contributed by atoms with Gasteiger partial charge in [0.25, 0.3) is 0 Å². The molecule has 4 heteroatoms. The molecule has 1 aliphatic rings. The van der Waals surface area contributed by atoms with E-state index in [1.165, 1.54) is 22.4 Å². The van der Waals surface area contributed by atoms with Crippen molar-refractivity contribution in [2.45, 2.75) is 39.4 Å². The third kappa shape index (κ3) is 4.07. The van der Waals surface area contributed by atoms with Gasteiger partial charge in [-0.05, 0) is 43.0 Å². The third-order valence-corrected chi connectivity index (χ3v) is 4.25. The predicted molar refractivity (Wildman–Crippen MR) is 101 cm³/mol. The van der Waals surface area contributed by atoms with Crippen LogP contribution in [0.1, 0.15) is 30.5 Å². The van der Waals surface area contributed by atoms with Crippen molar-refractivity contribution in [3.05, 3.63) is 65.2 Å². The maximum absolute atomic E-state index is 5.84. The van der Waals surface area contributed by atoms with E-state index in [0.717, 1.165) is 19.5 Å². The molecule has 0 aromatic heterocycles. The van der Waals surface area contributed by atoms with Crippen LogP contribution in [0.5, 0.6) is 0 Å². The highest BCUT2D eigenvalue weighted by Gasteiger charge is 2.17. The van der Waals surface area contributed by atoms with Crippen molar-refractivity contribution in [2.24, 2.45) is 10.7 Å². The SMILES string of the molecule is CC(C)NC(N)=NCc1ccc(CN2CCc3ccccc32)cc1. The van der Waals surface area contributed by atoms with Gasteiger partial charge in [0.05, 0.1) is 6.54 Å². The number of hydrogen-bond acceptors (Lipinski definition) is 2. The van der Waals surface area contributed by atoms with Crippen molar-refractivity contribution in [1.29, 1.82) is 0 Å². The fourth-order valence-electron chi connectivity index (χ4n) is 3.06. The Labute approximate surface area is 144 Å². The van der Waals surface area contributed by atoms with E-state index in [-0.39, 0.29) is 0 Å². The molecule has 0 saturated carbocycles. The standard InChI is InChI=1S/C20H26N4/c1-15(2)23-20(21)22-13-16-7-9-17(10-8-16)14-24-12-11-18-5-3-4-6-19(18)24/h3-10,15H,11-14H2,1-2H3,(H3,21,22,23). The van der Waals surface area contributed by atoms with E-state index in [9.17, 15) is 0 Å². The molecule has 0 aliphatic carbocycles. The summed E-state index contributed by atoms with van der Waals surface area (Å²) < 4.78 is 0. The first-order valence-electron chi connectivity index (χ1n) is 8.59. The van der Waals surface area contributed by atoms with Crippen LogP contribution in [-0.4, -0.2) is 18.5 Å². The summed E-state index contributed by atoms with van der Waals surface area (Å²) in [5, 5.41) is 3.10. The van der Waals surface area contributed by atoms with E-state index in [2.05, 4.69) is 63.7 Å². The lowest BCUT2D eigenvalue weighted by atomic mass is 10.1. The minimum absolute atomic E-state index is 0.305. The zero-order valence-corrected chi connectivity index (χ0v) is 14.5. The van der Waals surface area contributed by atoms with Crippen molar-refractivity contribution in [3.63, 3.8) is 0 Å². The van der Waals surface area contributed by atoms with Crippen molar-refractivity contribution < 1.29 is 0 Å². The first-order valence-corrected chi connectivity index (χ1v) is 8.59. The van der Waals surface area contributed by atoms with Crippen molar-refractivity contribution >= 4 is 11.6 Å². The van der Waals surface area contributed by atoms with Gasteiger partial charge in [-0.3, -0.25) is 0 Å². The largest absolute Gasteiger partial charge is 0.370 e. The number of para-hydroxylation sites is 1. The van der Waals surface area contributed by atoms with Gasteiger partial charge in [-0.15, -0.1) is 0 Å². The Balaban J connectivity index is 1.59. The van der Waals surface area contributed by atoms with Crippen molar-refractivity contribution in [2.75, 3.05) is 11.4 Å². The highest BCUT2D eigenvalue weighted by Crippen LogP contribution is 2.28. The van der Waals surface area contributed by atoms with Gasteiger partial charge >= 0.3 is 0 Å². The minimum Gasteiger partial charge on any atom is -0.370 e. The highest BCUT2D eigenvalue weighted by molar-refractivity contribution is 5.78. The van der Waals surface area contributed by atoms with E-state index in [1.807, 2.05) is 13.8 Å². The Kier molecular flexibility index (Phi) is 5.04. The maximum Gasteiger partial charge on any atom is 0.189 e. The molecule has 126 valence electrons. The summed E-state index contributed by atoms with van der Waals surface area (Å²) in [4.78, 5) is 6.82. The monoisotopic (exact) mass is 322 g/mol. The smallest absolute Gasteiger partial charge is 0.189 e. The first kappa shape index (κ1) is 16.4. The fourth-order valence-corrected chi connectivity index (χ4v) is 3.06. The van der Waals surface area contributed by atoms with Crippen LogP contribution < -0.4 is 16.0 Å². The zero-order chi connectivity index (χ0) is 16.9. The van der Waals surface area contributed by atoms with Gasteiger partial charge in [-0.2, -0.15) is 0 Å². The molecule has 1 heterocycles. The molecule has 3 rings (SSSR count). The average Bonchev–Trinajstić information content (AvgIpc) is 2.97. The molecule has 0 amide bonds. The van der Waals surface area contributed by atoms with Gasteiger partial charge in [-0.25, -0.2) is 4.99 Å². The lowest BCUT2D eigenvalue weighted by molar-refractivity contribution is 0.723. The van der Waals surface area contributed by atoms with Crippen LogP contribution in [0.2, 0.25) is 0 Å². The Morgan fingerprint density at radius 3 is 2.58 bits per heavy atom. The molecule has 0 saturated heterocycles. The van der Waals surface area contributed by atoms with Crippen LogP contribution in [-0.2, 0) is 19.5 Å². The molecular weight excluding hydrogens is 296 g/mol. The zero-order valence-electron chi connectivity index (χ0n) is 14.5. The van der Waals surface area contributed by atoms with E-state index >= 15 is 0 Å². The van der Waals surface area contributed by atoms with Crippen molar-refractivity contribution in [3.8, 4) is 0 Å².